The van der Waals surface area contributed by atoms with Gasteiger partial charge >= 0.3 is 0 Å². The number of nitrogens with one attached hydrogen (secondary N) is 2. The van der Waals surface area contributed by atoms with Crippen LogP contribution in [0.3, 0.4) is 0 Å². The van der Waals surface area contributed by atoms with Crippen molar-refractivity contribution in [2.75, 3.05) is 20.6 Å². The van der Waals surface area contributed by atoms with Gasteiger partial charge in [0.2, 0.25) is 5.91 Å². The second kappa shape index (κ2) is 9.69. The van der Waals surface area contributed by atoms with Gasteiger partial charge < -0.3 is 15.5 Å². The van der Waals surface area contributed by atoms with E-state index in [0.717, 1.165) is 11.1 Å². The maximum Gasteiger partial charge on any atom is 0.241 e. The van der Waals surface area contributed by atoms with E-state index in [0.29, 0.717) is 24.1 Å². The third kappa shape index (κ3) is 6.47. The Morgan fingerprint density at radius 3 is 2.40 bits per heavy atom. The number of guanidine groups is 1. The minimum Gasteiger partial charge on any atom is -0.352 e. The summed E-state index contributed by atoms with van der Waals surface area (Å²) in [6, 6.07) is 17.6. The molecule has 25 heavy (non-hydrogen) atoms. The van der Waals surface area contributed by atoms with Gasteiger partial charge in [0, 0.05) is 25.7 Å². The molecule has 0 saturated carbocycles. The van der Waals surface area contributed by atoms with E-state index in [-0.39, 0.29) is 12.5 Å². The zero-order valence-electron chi connectivity index (χ0n) is 14.5. The molecule has 0 aliphatic carbocycles. The molecule has 0 fully saturated rings. The van der Waals surface area contributed by atoms with E-state index in [1.807, 2.05) is 54.6 Å². The lowest BCUT2D eigenvalue weighted by atomic mass is 10.2. The van der Waals surface area contributed by atoms with E-state index in [4.69, 9.17) is 11.6 Å². The molecule has 5 nitrogen and oxygen atoms in total. The second-order valence-corrected chi connectivity index (χ2v) is 6.14. The quantitative estimate of drug-likeness (QED) is 0.616. The van der Waals surface area contributed by atoms with Crippen LogP contribution in [0.15, 0.2) is 59.6 Å². The Bertz CT molecular complexity index is 716. The normalized spacial score (nSPS) is 11.1. The largest absolute Gasteiger partial charge is 0.352 e. The molecule has 0 saturated heterocycles. The van der Waals surface area contributed by atoms with Crippen LogP contribution in [0.2, 0.25) is 5.02 Å². The maximum atomic E-state index is 11.8. The molecule has 0 bridgehead atoms. The van der Waals surface area contributed by atoms with Crippen molar-refractivity contribution in [2.24, 2.45) is 4.99 Å². The molecule has 0 heterocycles. The zero-order valence-corrected chi connectivity index (χ0v) is 15.3. The van der Waals surface area contributed by atoms with Crippen molar-refractivity contribution in [3.63, 3.8) is 0 Å². The standard InChI is InChI=1S/C19H23ClN4O/c1-24(2)18(25)14-23-19(21-12-15-8-4-3-5-9-15)22-13-16-10-6-7-11-17(16)20/h3-11H,12-14H2,1-2H3,(H2,21,22,23). The van der Waals surface area contributed by atoms with Crippen LogP contribution < -0.4 is 10.6 Å². The van der Waals surface area contributed by atoms with Crippen molar-refractivity contribution in [3.8, 4) is 0 Å². The van der Waals surface area contributed by atoms with Gasteiger partial charge in [-0.05, 0) is 17.2 Å². The Hall–Kier alpha value is -2.53. The molecule has 2 aromatic rings. The van der Waals surface area contributed by atoms with Crippen molar-refractivity contribution < 1.29 is 4.79 Å². The topological polar surface area (TPSA) is 56.7 Å². The monoisotopic (exact) mass is 358 g/mol. The number of likely N-dealkylation sites (N-methyl/N-ethyl adjacent to an activating group) is 1. The van der Waals surface area contributed by atoms with Crippen LogP contribution in [0.5, 0.6) is 0 Å². The first-order chi connectivity index (χ1) is 12.1. The Balaban J connectivity index is 2.02. The second-order valence-electron chi connectivity index (χ2n) is 5.74. The van der Waals surface area contributed by atoms with Gasteiger partial charge in [-0.1, -0.05) is 60.1 Å². The molecule has 0 unspecified atom stereocenters. The van der Waals surface area contributed by atoms with Crippen molar-refractivity contribution in [2.45, 2.75) is 13.1 Å². The summed E-state index contributed by atoms with van der Waals surface area (Å²) < 4.78 is 0. The van der Waals surface area contributed by atoms with Crippen LogP contribution in [-0.2, 0) is 17.9 Å². The first-order valence-electron chi connectivity index (χ1n) is 8.06. The number of nitrogens with zero attached hydrogens (tertiary/aromatic N) is 2. The third-order valence-corrected chi connectivity index (χ3v) is 3.94. The highest BCUT2D eigenvalue weighted by Crippen LogP contribution is 2.14. The molecular formula is C19H23ClN4O. The molecule has 132 valence electrons. The molecular weight excluding hydrogens is 336 g/mol. The molecule has 2 N–H and O–H groups in total. The molecule has 0 aromatic heterocycles. The smallest absolute Gasteiger partial charge is 0.241 e. The number of benzene rings is 2. The SMILES string of the molecule is CN(C)C(=O)CNC(=NCc1ccccc1)NCc1ccccc1Cl. The summed E-state index contributed by atoms with van der Waals surface area (Å²) in [6.45, 7) is 1.22. The lowest BCUT2D eigenvalue weighted by Crippen LogP contribution is -2.42. The van der Waals surface area contributed by atoms with E-state index in [9.17, 15) is 4.79 Å². The third-order valence-electron chi connectivity index (χ3n) is 3.57. The number of carbonyl (C=O) groups is 1. The van der Waals surface area contributed by atoms with E-state index in [2.05, 4.69) is 15.6 Å². The fraction of sp³-hybridized carbons (Fsp3) is 0.263. The number of hydrogen-bond donors (Lipinski definition) is 2. The average Bonchev–Trinajstić information content (AvgIpc) is 2.62. The van der Waals surface area contributed by atoms with Crippen molar-refractivity contribution >= 4 is 23.5 Å². The van der Waals surface area contributed by atoms with E-state index in [1.54, 1.807) is 14.1 Å². The molecule has 0 atom stereocenters. The van der Waals surface area contributed by atoms with Gasteiger partial charge in [-0.2, -0.15) is 0 Å². The summed E-state index contributed by atoms with van der Waals surface area (Å²) in [5, 5.41) is 6.99. The van der Waals surface area contributed by atoms with Gasteiger partial charge in [0.25, 0.3) is 0 Å². The molecule has 1 amide bonds. The molecule has 6 heteroatoms. The summed E-state index contributed by atoms with van der Waals surface area (Å²) in [5.41, 5.74) is 2.07. The van der Waals surface area contributed by atoms with E-state index >= 15 is 0 Å². The lowest BCUT2D eigenvalue weighted by Gasteiger charge is -2.15. The van der Waals surface area contributed by atoms with Crippen LogP contribution in [-0.4, -0.2) is 37.4 Å². The van der Waals surface area contributed by atoms with E-state index < -0.39 is 0 Å². The molecule has 0 aliphatic heterocycles. The Morgan fingerprint density at radius 1 is 1.04 bits per heavy atom. The van der Waals surface area contributed by atoms with Crippen molar-refractivity contribution in [1.82, 2.24) is 15.5 Å². The molecule has 0 spiro atoms. The lowest BCUT2D eigenvalue weighted by molar-refractivity contribution is -0.127. The fourth-order valence-corrected chi connectivity index (χ4v) is 2.27. The van der Waals surface area contributed by atoms with Gasteiger partial charge in [-0.25, -0.2) is 4.99 Å². The number of amides is 1. The Kier molecular flexibility index (Phi) is 7.29. The highest BCUT2D eigenvalue weighted by atomic mass is 35.5. The van der Waals surface area contributed by atoms with Crippen LogP contribution in [0.4, 0.5) is 0 Å². The van der Waals surface area contributed by atoms with Crippen molar-refractivity contribution in [1.29, 1.82) is 0 Å². The van der Waals surface area contributed by atoms with Crippen molar-refractivity contribution in [3.05, 3.63) is 70.7 Å². The molecule has 0 aliphatic rings. The summed E-state index contributed by atoms with van der Waals surface area (Å²) in [7, 11) is 3.45. The summed E-state index contributed by atoms with van der Waals surface area (Å²) >= 11 is 6.19. The number of aliphatic imine (C=N–C) groups is 1. The minimum absolute atomic E-state index is 0.0213. The van der Waals surface area contributed by atoms with Gasteiger partial charge in [-0.3, -0.25) is 4.79 Å². The van der Waals surface area contributed by atoms with Gasteiger partial charge in [0.05, 0.1) is 13.1 Å². The summed E-state index contributed by atoms with van der Waals surface area (Å²) in [5.74, 6) is 0.547. The summed E-state index contributed by atoms with van der Waals surface area (Å²) in [6.07, 6.45) is 0. The number of carbonyl (C=O) groups excluding carboxylic acids is 1. The first-order valence-corrected chi connectivity index (χ1v) is 8.43. The van der Waals surface area contributed by atoms with Gasteiger partial charge in [0.1, 0.15) is 0 Å². The number of halogens is 1. The Labute approximate surface area is 153 Å². The molecule has 2 aromatic carbocycles. The first kappa shape index (κ1) is 18.8. The number of rotatable bonds is 6. The maximum absolute atomic E-state index is 11.8. The minimum atomic E-state index is -0.0213. The molecule has 2 rings (SSSR count). The highest BCUT2D eigenvalue weighted by molar-refractivity contribution is 6.31. The fourth-order valence-electron chi connectivity index (χ4n) is 2.07. The summed E-state index contributed by atoms with van der Waals surface area (Å²) in [4.78, 5) is 17.9. The van der Waals surface area contributed by atoms with E-state index in [1.165, 1.54) is 4.90 Å². The zero-order chi connectivity index (χ0) is 18.1. The highest BCUT2D eigenvalue weighted by Gasteiger charge is 2.07. The Morgan fingerprint density at radius 2 is 1.72 bits per heavy atom. The van der Waals surface area contributed by atoms with Crippen LogP contribution in [0.25, 0.3) is 0 Å². The van der Waals surface area contributed by atoms with Crippen LogP contribution in [0.1, 0.15) is 11.1 Å². The predicted octanol–water partition coefficient (Wildman–Crippen LogP) is 2.66. The van der Waals surface area contributed by atoms with Gasteiger partial charge in [-0.15, -0.1) is 0 Å². The molecule has 0 radical (unpaired) electrons. The average molecular weight is 359 g/mol. The van der Waals surface area contributed by atoms with Crippen LogP contribution in [0, 0.1) is 0 Å². The van der Waals surface area contributed by atoms with Crippen LogP contribution >= 0.6 is 11.6 Å². The van der Waals surface area contributed by atoms with Gasteiger partial charge in [0.15, 0.2) is 5.96 Å². The predicted molar refractivity (Wildman–Crippen MR) is 103 cm³/mol. The number of hydrogen-bond acceptors (Lipinski definition) is 2.